The Morgan fingerprint density at radius 3 is 2.50 bits per heavy atom. The van der Waals surface area contributed by atoms with Crippen LogP contribution in [0.1, 0.15) is 26.2 Å². The highest BCUT2D eigenvalue weighted by atomic mass is 16.4. The lowest BCUT2D eigenvalue weighted by atomic mass is 9.67. The number of aliphatic hydroxyl groups is 1. The molecule has 0 heterocycles. The van der Waals surface area contributed by atoms with Crippen LogP contribution in [-0.4, -0.2) is 46.7 Å². The highest BCUT2D eigenvalue weighted by Gasteiger charge is 2.49. The summed E-state index contributed by atoms with van der Waals surface area (Å²) in [7, 11) is 1.61. The van der Waals surface area contributed by atoms with E-state index in [2.05, 4.69) is 5.16 Å². The Morgan fingerprint density at radius 1 is 1.62 bits per heavy atom. The van der Waals surface area contributed by atoms with Gasteiger partial charge in [0.15, 0.2) is 5.84 Å². The maximum Gasteiger partial charge on any atom is 0.236 e. The topological polar surface area (TPSA) is 99.2 Å². The van der Waals surface area contributed by atoms with Crippen LogP contribution in [0.2, 0.25) is 0 Å². The first-order valence-corrected chi connectivity index (χ1v) is 5.35. The summed E-state index contributed by atoms with van der Waals surface area (Å²) < 4.78 is 0. The summed E-state index contributed by atoms with van der Waals surface area (Å²) in [6.45, 7) is 1.86. The molecule has 0 aliphatic heterocycles. The van der Waals surface area contributed by atoms with E-state index < -0.39 is 11.5 Å². The van der Waals surface area contributed by atoms with Crippen molar-refractivity contribution in [1.29, 1.82) is 0 Å². The molecule has 0 spiro atoms. The molecule has 1 aliphatic rings. The molecule has 0 aromatic carbocycles. The number of carbonyl (C=O) groups excluding carboxylic acids is 1. The number of hydrogen-bond acceptors (Lipinski definition) is 4. The van der Waals surface area contributed by atoms with Crippen LogP contribution in [-0.2, 0) is 4.79 Å². The molecular formula is C10H19N3O3. The summed E-state index contributed by atoms with van der Waals surface area (Å²) in [5, 5.41) is 20.9. The summed E-state index contributed by atoms with van der Waals surface area (Å²) >= 11 is 0. The molecular weight excluding hydrogens is 210 g/mol. The van der Waals surface area contributed by atoms with Crippen LogP contribution >= 0.6 is 0 Å². The van der Waals surface area contributed by atoms with Gasteiger partial charge < -0.3 is 20.9 Å². The van der Waals surface area contributed by atoms with E-state index in [0.717, 1.165) is 6.42 Å². The molecule has 0 aromatic heterocycles. The molecule has 92 valence electrons. The average Bonchev–Trinajstić information content (AvgIpc) is 2.14. The lowest BCUT2D eigenvalue weighted by molar-refractivity contribution is -0.142. The molecule has 0 aromatic rings. The largest absolute Gasteiger partial charge is 0.409 e. The quantitative estimate of drug-likeness (QED) is 0.268. The molecule has 1 fully saturated rings. The molecule has 1 rings (SSSR count). The highest BCUT2D eigenvalue weighted by molar-refractivity contribution is 6.07. The van der Waals surface area contributed by atoms with Crippen LogP contribution in [0.5, 0.6) is 0 Å². The first kappa shape index (κ1) is 12.8. The van der Waals surface area contributed by atoms with Crippen molar-refractivity contribution in [3.63, 3.8) is 0 Å². The number of carbonyl (C=O) groups is 1. The number of likely N-dealkylation sites (N-methyl/N-ethyl adjacent to an activating group) is 1. The molecule has 6 heteroatoms. The fourth-order valence-corrected chi connectivity index (χ4v) is 2.05. The molecule has 1 amide bonds. The van der Waals surface area contributed by atoms with Crippen LogP contribution in [0.4, 0.5) is 0 Å². The summed E-state index contributed by atoms with van der Waals surface area (Å²) in [4.78, 5) is 13.6. The standard InChI is InChI=1S/C10H19N3O3/c1-7(14)6-13(2)9(15)10(4-3-5-10)8(11)12-16/h7,14,16H,3-6H2,1-2H3,(H2,11,12). The molecule has 1 aliphatic carbocycles. The third kappa shape index (κ3) is 2.11. The monoisotopic (exact) mass is 229 g/mol. The van der Waals surface area contributed by atoms with Crippen LogP contribution in [0.3, 0.4) is 0 Å². The van der Waals surface area contributed by atoms with Crippen LogP contribution in [0, 0.1) is 5.41 Å². The fraction of sp³-hybridized carbons (Fsp3) is 0.800. The van der Waals surface area contributed by atoms with E-state index in [1.54, 1.807) is 14.0 Å². The van der Waals surface area contributed by atoms with Gasteiger partial charge in [-0.15, -0.1) is 0 Å². The molecule has 1 saturated carbocycles. The predicted molar refractivity (Wildman–Crippen MR) is 59.0 cm³/mol. The van der Waals surface area contributed by atoms with Crippen LogP contribution in [0.25, 0.3) is 0 Å². The summed E-state index contributed by atoms with van der Waals surface area (Å²) in [5.74, 6) is -0.212. The van der Waals surface area contributed by atoms with Crippen LogP contribution < -0.4 is 5.73 Å². The van der Waals surface area contributed by atoms with Gasteiger partial charge in [-0.3, -0.25) is 4.79 Å². The normalized spacial score (nSPS) is 21.1. The summed E-state index contributed by atoms with van der Waals surface area (Å²) in [6.07, 6.45) is 1.51. The Balaban J connectivity index is 2.78. The van der Waals surface area contributed by atoms with Crippen molar-refractivity contribution in [1.82, 2.24) is 4.90 Å². The Kier molecular flexibility index (Phi) is 3.74. The maximum atomic E-state index is 12.1. The molecule has 1 unspecified atom stereocenters. The minimum absolute atomic E-state index is 0.0267. The third-order valence-electron chi connectivity index (χ3n) is 3.10. The van der Waals surface area contributed by atoms with Gasteiger partial charge in [-0.05, 0) is 19.8 Å². The van der Waals surface area contributed by atoms with E-state index >= 15 is 0 Å². The lowest BCUT2D eigenvalue weighted by Gasteiger charge is -2.41. The number of rotatable bonds is 4. The number of oxime groups is 1. The molecule has 0 radical (unpaired) electrons. The van der Waals surface area contributed by atoms with E-state index in [-0.39, 0.29) is 18.3 Å². The van der Waals surface area contributed by atoms with Crippen molar-refractivity contribution in [3.05, 3.63) is 0 Å². The second-order valence-electron chi connectivity index (χ2n) is 4.46. The van der Waals surface area contributed by atoms with Gasteiger partial charge >= 0.3 is 0 Å². The van der Waals surface area contributed by atoms with Gasteiger partial charge in [0.05, 0.1) is 6.10 Å². The van der Waals surface area contributed by atoms with Crippen molar-refractivity contribution >= 4 is 11.7 Å². The Hall–Kier alpha value is -1.30. The van der Waals surface area contributed by atoms with Crippen molar-refractivity contribution in [2.45, 2.75) is 32.3 Å². The highest BCUT2D eigenvalue weighted by Crippen LogP contribution is 2.42. The molecule has 0 bridgehead atoms. The Labute approximate surface area is 94.7 Å². The van der Waals surface area contributed by atoms with E-state index in [9.17, 15) is 9.90 Å². The Bertz CT molecular complexity index is 298. The van der Waals surface area contributed by atoms with E-state index in [1.165, 1.54) is 4.90 Å². The van der Waals surface area contributed by atoms with E-state index in [4.69, 9.17) is 10.9 Å². The zero-order valence-corrected chi connectivity index (χ0v) is 9.68. The second-order valence-corrected chi connectivity index (χ2v) is 4.46. The van der Waals surface area contributed by atoms with Crippen molar-refractivity contribution < 1.29 is 15.1 Å². The SMILES string of the molecule is CC(O)CN(C)C(=O)C1(C(N)=NO)CCC1. The number of nitrogens with two attached hydrogens (primary N) is 1. The second kappa shape index (κ2) is 4.69. The van der Waals surface area contributed by atoms with Gasteiger partial charge in [0, 0.05) is 13.6 Å². The minimum Gasteiger partial charge on any atom is -0.409 e. The molecule has 0 saturated heterocycles. The lowest BCUT2D eigenvalue weighted by Crippen LogP contribution is -2.55. The summed E-state index contributed by atoms with van der Waals surface area (Å²) in [5.41, 5.74) is 4.72. The number of amides is 1. The van der Waals surface area contributed by atoms with Gasteiger partial charge in [0.2, 0.25) is 5.91 Å². The third-order valence-corrected chi connectivity index (χ3v) is 3.10. The van der Waals surface area contributed by atoms with Crippen molar-refractivity contribution in [3.8, 4) is 0 Å². The first-order valence-electron chi connectivity index (χ1n) is 5.35. The van der Waals surface area contributed by atoms with E-state index in [0.29, 0.717) is 12.8 Å². The average molecular weight is 229 g/mol. The summed E-state index contributed by atoms with van der Waals surface area (Å²) in [6, 6.07) is 0. The smallest absolute Gasteiger partial charge is 0.236 e. The van der Waals surface area contributed by atoms with Crippen molar-refractivity contribution in [2.75, 3.05) is 13.6 Å². The van der Waals surface area contributed by atoms with Gasteiger partial charge in [-0.2, -0.15) is 0 Å². The number of nitrogens with zero attached hydrogens (tertiary/aromatic N) is 2. The number of hydrogen-bond donors (Lipinski definition) is 3. The fourth-order valence-electron chi connectivity index (χ4n) is 2.05. The Morgan fingerprint density at radius 2 is 2.19 bits per heavy atom. The maximum absolute atomic E-state index is 12.1. The molecule has 16 heavy (non-hydrogen) atoms. The van der Waals surface area contributed by atoms with E-state index in [1.807, 2.05) is 0 Å². The van der Waals surface area contributed by atoms with Crippen LogP contribution in [0.15, 0.2) is 5.16 Å². The minimum atomic E-state index is -0.849. The zero-order valence-electron chi connectivity index (χ0n) is 9.68. The van der Waals surface area contributed by atoms with Gasteiger partial charge in [-0.1, -0.05) is 11.6 Å². The molecule has 4 N–H and O–H groups in total. The van der Waals surface area contributed by atoms with Gasteiger partial charge in [-0.25, -0.2) is 0 Å². The molecule has 6 nitrogen and oxygen atoms in total. The van der Waals surface area contributed by atoms with Crippen molar-refractivity contribution in [2.24, 2.45) is 16.3 Å². The number of aliphatic hydroxyl groups excluding tert-OH is 1. The number of amidine groups is 1. The van der Waals surface area contributed by atoms with Gasteiger partial charge in [0.1, 0.15) is 5.41 Å². The first-order chi connectivity index (χ1) is 7.44. The zero-order chi connectivity index (χ0) is 12.3. The van der Waals surface area contributed by atoms with Gasteiger partial charge in [0.25, 0.3) is 0 Å². The predicted octanol–water partition coefficient (Wildman–Crippen LogP) is -0.258. The molecule has 1 atom stereocenters.